The average Bonchev–Trinajstić information content (AvgIpc) is 2.81. The second-order valence-corrected chi connectivity index (χ2v) is 9.81. The third-order valence-corrected chi connectivity index (χ3v) is 7.36. The van der Waals surface area contributed by atoms with Crippen LogP contribution in [0.4, 0.5) is 5.69 Å². The predicted molar refractivity (Wildman–Crippen MR) is 125 cm³/mol. The molecule has 1 N–H and O–H groups in total. The summed E-state index contributed by atoms with van der Waals surface area (Å²) in [6, 6.07) is 25.9. The van der Waals surface area contributed by atoms with Gasteiger partial charge in [-0.25, -0.2) is 12.7 Å². The molecule has 3 aromatic rings. The number of anilines is 1. The molecule has 0 saturated carbocycles. The van der Waals surface area contributed by atoms with Crippen molar-refractivity contribution in [1.82, 2.24) is 4.31 Å². The first-order valence-corrected chi connectivity index (χ1v) is 12.3. The van der Waals surface area contributed by atoms with Crippen molar-refractivity contribution in [2.75, 3.05) is 18.4 Å². The summed E-state index contributed by atoms with van der Waals surface area (Å²) < 4.78 is 32.7. The Labute approximate surface area is 188 Å². The Morgan fingerprint density at radius 3 is 2.03 bits per heavy atom. The lowest BCUT2D eigenvalue weighted by Gasteiger charge is -2.30. The van der Waals surface area contributed by atoms with Gasteiger partial charge in [-0.3, -0.25) is 4.79 Å². The molecule has 0 unspecified atom stereocenters. The van der Waals surface area contributed by atoms with Crippen LogP contribution in [0.2, 0.25) is 0 Å². The van der Waals surface area contributed by atoms with Gasteiger partial charge < -0.3 is 10.1 Å². The number of benzene rings is 3. The molecule has 0 spiro atoms. The van der Waals surface area contributed by atoms with Gasteiger partial charge in [0.05, 0.1) is 5.75 Å². The molecule has 0 bridgehead atoms. The van der Waals surface area contributed by atoms with Crippen molar-refractivity contribution in [2.24, 2.45) is 5.92 Å². The topological polar surface area (TPSA) is 75.7 Å². The van der Waals surface area contributed by atoms with Crippen molar-refractivity contribution in [3.8, 4) is 11.5 Å². The highest BCUT2D eigenvalue weighted by molar-refractivity contribution is 7.88. The summed E-state index contributed by atoms with van der Waals surface area (Å²) in [5.41, 5.74) is 1.46. The molecular weight excluding hydrogens is 424 g/mol. The number of piperidine rings is 1. The molecular formula is C25H26N2O4S. The van der Waals surface area contributed by atoms with E-state index in [1.807, 2.05) is 60.7 Å². The molecule has 3 aromatic carbocycles. The smallest absolute Gasteiger partial charge is 0.227 e. The summed E-state index contributed by atoms with van der Waals surface area (Å²) in [5, 5.41) is 2.93. The lowest BCUT2D eigenvalue weighted by atomic mass is 9.97. The van der Waals surface area contributed by atoms with Crippen LogP contribution < -0.4 is 10.1 Å². The van der Waals surface area contributed by atoms with Gasteiger partial charge in [0.1, 0.15) is 11.5 Å². The van der Waals surface area contributed by atoms with E-state index >= 15 is 0 Å². The molecule has 32 heavy (non-hydrogen) atoms. The molecule has 4 rings (SSSR count). The first kappa shape index (κ1) is 22.0. The predicted octanol–water partition coefficient (Wildman–Crippen LogP) is 4.66. The molecule has 1 aliphatic heterocycles. The Kier molecular flexibility index (Phi) is 6.87. The van der Waals surface area contributed by atoms with Crippen LogP contribution in [-0.2, 0) is 20.6 Å². The highest BCUT2D eigenvalue weighted by Gasteiger charge is 2.31. The normalized spacial score (nSPS) is 15.2. The van der Waals surface area contributed by atoms with E-state index in [2.05, 4.69) is 5.32 Å². The SMILES string of the molecule is O=C(Nc1ccc(Oc2ccccc2)cc1)C1CCN(S(=O)(=O)Cc2ccccc2)CC1. The quantitative estimate of drug-likeness (QED) is 0.568. The Hall–Kier alpha value is -3.16. The highest BCUT2D eigenvalue weighted by Crippen LogP contribution is 2.25. The van der Waals surface area contributed by atoms with Gasteiger partial charge >= 0.3 is 0 Å². The van der Waals surface area contributed by atoms with E-state index in [1.165, 1.54) is 4.31 Å². The number of hydrogen-bond acceptors (Lipinski definition) is 4. The number of amides is 1. The molecule has 0 radical (unpaired) electrons. The van der Waals surface area contributed by atoms with Crippen molar-refractivity contribution in [3.63, 3.8) is 0 Å². The maximum atomic E-state index is 12.7. The molecule has 1 saturated heterocycles. The number of sulfonamides is 1. The summed E-state index contributed by atoms with van der Waals surface area (Å²) in [7, 11) is -3.39. The van der Waals surface area contributed by atoms with Gasteiger partial charge in [0.2, 0.25) is 15.9 Å². The van der Waals surface area contributed by atoms with Crippen LogP contribution in [0.5, 0.6) is 11.5 Å². The maximum absolute atomic E-state index is 12.7. The number of para-hydroxylation sites is 1. The molecule has 0 atom stereocenters. The third-order valence-electron chi connectivity index (χ3n) is 5.51. The Bertz CT molecular complexity index is 1130. The summed E-state index contributed by atoms with van der Waals surface area (Å²) >= 11 is 0. The lowest BCUT2D eigenvalue weighted by molar-refractivity contribution is -0.120. The molecule has 1 heterocycles. The van der Waals surface area contributed by atoms with Gasteiger partial charge in [0.25, 0.3) is 0 Å². The van der Waals surface area contributed by atoms with Gasteiger partial charge in [-0.15, -0.1) is 0 Å². The molecule has 0 aliphatic carbocycles. The molecule has 0 aromatic heterocycles. The Morgan fingerprint density at radius 2 is 1.41 bits per heavy atom. The van der Waals surface area contributed by atoms with Crippen LogP contribution >= 0.6 is 0 Å². The van der Waals surface area contributed by atoms with Gasteiger partial charge in [0.15, 0.2) is 0 Å². The highest BCUT2D eigenvalue weighted by atomic mass is 32.2. The lowest BCUT2D eigenvalue weighted by Crippen LogP contribution is -2.41. The zero-order valence-corrected chi connectivity index (χ0v) is 18.5. The fourth-order valence-electron chi connectivity index (χ4n) is 3.75. The summed E-state index contributed by atoms with van der Waals surface area (Å²) in [5.74, 6) is 1.13. The van der Waals surface area contributed by atoms with Gasteiger partial charge in [0, 0.05) is 24.7 Å². The molecule has 7 heteroatoms. The van der Waals surface area contributed by atoms with Crippen LogP contribution in [-0.4, -0.2) is 31.7 Å². The Balaban J connectivity index is 1.28. The zero-order valence-electron chi connectivity index (χ0n) is 17.7. The van der Waals surface area contributed by atoms with Crippen LogP contribution in [0, 0.1) is 5.92 Å². The minimum Gasteiger partial charge on any atom is -0.457 e. The largest absolute Gasteiger partial charge is 0.457 e. The number of hydrogen-bond donors (Lipinski definition) is 1. The Morgan fingerprint density at radius 1 is 0.844 bits per heavy atom. The number of nitrogens with one attached hydrogen (secondary N) is 1. The van der Waals surface area contributed by atoms with E-state index in [9.17, 15) is 13.2 Å². The van der Waals surface area contributed by atoms with Crippen LogP contribution in [0.15, 0.2) is 84.9 Å². The van der Waals surface area contributed by atoms with E-state index in [0.29, 0.717) is 37.4 Å². The fraction of sp³-hybridized carbons (Fsp3) is 0.240. The third kappa shape index (κ3) is 5.75. The van der Waals surface area contributed by atoms with Crippen LogP contribution in [0.1, 0.15) is 18.4 Å². The van der Waals surface area contributed by atoms with E-state index < -0.39 is 10.0 Å². The minimum atomic E-state index is -3.39. The molecule has 1 amide bonds. The number of ether oxygens (including phenoxy) is 1. The summed E-state index contributed by atoms with van der Waals surface area (Å²) in [6.07, 6.45) is 1.02. The first-order chi connectivity index (χ1) is 15.5. The van der Waals surface area contributed by atoms with E-state index in [0.717, 1.165) is 11.3 Å². The van der Waals surface area contributed by atoms with Crippen LogP contribution in [0.3, 0.4) is 0 Å². The summed E-state index contributed by atoms with van der Waals surface area (Å²) in [4.78, 5) is 12.7. The number of carbonyl (C=O) groups is 1. The first-order valence-electron chi connectivity index (χ1n) is 10.7. The zero-order chi connectivity index (χ0) is 22.4. The molecule has 1 aliphatic rings. The van der Waals surface area contributed by atoms with Crippen molar-refractivity contribution in [3.05, 3.63) is 90.5 Å². The number of carbonyl (C=O) groups excluding carboxylic acids is 1. The van der Waals surface area contributed by atoms with Gasteiger partial charge in [-0.2, -0.15) is 0 Å². The monoisotopic (exact) mass is 450 g/mol. The summed E-state index contributed by atoms with van der Waals surface area (Å²) in [6.45, 7) is 0.716. The van der Waals surface area contributed by atoms with Crippen molar-refractivity contribution in [2.45, 2.75) is 18.6 Å². The average molecular weight is 451 g/mol. The fourth-order valence-corrected chi connectivity index (χ4v) is 5.31. The molecule has 166 valence electrons. The van der Waals surface area contributed by atoms with E-state index in [1.54, 1.807) is 24.3 Å². The van der Waals surface area contributed by atoms with Crippen molar-refractivity contribution >= 4 is 21.6 Å². The molecule has 6 nitrogen and oxygen atoms in total. The van der Waals surface area contributed by atoms with E-state index in [-0.39, 0.29) is 17.6 Å². The van der Waals surface area contributed by atoms with Crippen LogP contribution in [0.25, 0.3) is 0 Å². The van der Waals surface area contributed by atoms with Crippen molar-refractivity contribution < 1.29 is 17.9 Å². The number of rotatable bonds is 7. The molecule has 1 fully saturated rings. The number of nitrogens with zero attached hydrogens (tertiary/aromatic N) is 1. The van der Waals surface area contributed by atoms with Gasteiger partial charge in [-0.05, 0) is 54.8 Å². The second kappa shape index (κ2) is 9.97. The maximum Gasteiger partial charge on any atom is 0.227 e. The standard InChI is InChI=1S/C25H26N2O4S/c28-25(26-22-11-13-24(14-12-22)31-23-9-5-2-6-10-23)21-15-17-27(18-16-21)32(29,30)19-20-7-3-1-4-8-20/h1-14,21H,15-19H2,(H,26,28). The van der Waals surface area contributed by atoms with Crippen molar-refractivity contribution in [1.29, 1.82) is 0 Å². The van der Waals surface area contributed by atoms with Gasteiger partial charge in [-0.1, -0.05) is 48.5 Å². The van der Waals surface area contributed by atoms with E-state index in [4.69, 9.17) is 4.74 Å². The second-order valence-electron chi connectivity index (χ2n) is 7.84. The minimum absolute atomic E-state index is 0.0118.